The summed E-state index contributed by atoms with van der Waals surface area (Å²) in [7, 11) is -3.95. The number of ether oxygens (including phenoxy) is 1. The van der Waals surface area contributed by atoms with Crippen molar-refractivity contribution < 1.29 is 22.1 Å². The van der Waals surface area contributed by atoms with Gasteiger partial charge in [0.1, 0.15) is 5.60 Å². The minimum atomic E-state index is -3.95. The fourth-order valence-corrected chi connectivity index (χ4v) is 3.41. The second kappa shape index (κ2) is 8.32. The molecule has 0 aliphatic rings. The van der Waals surface area contributed by atoms with Crippen molar-refractivity contribution in [1.82, 2.24) is 0 Å². The Kier molecular flexibility index (Phi) is 7.20. The summed E-state index contributed by atoms with van der Waals surface area (Å²) in [5.41, 5.74) is 0.323. The molecule has 6 heteroatoms. The first kappa shape index (κ1) is 21.6. The Bertz CT molecular complexity index is 669. The van der Waals surface area contributed by atoms with E-state index in [0.29, 0.717) is 6.42 Å². The molecule has 0 heterocycles. The highest BCUT2D eigenvalue weighted by atomic mass is 32.2. The van der Waals surface area contributed by atoms with Crippen LogP contribution in [0.15, 0.2) is 29.2 Å². The van der Waals surface area contributed by atoms with Gasteiger partial charge in [0.2, 0.25) is 0 Å². The van der Waals surface area contributed by atoms with Gasteiger partial charge in [-0.15, -0.1) is 0 Å². The molecule has 2 unspecified atom stereocenters. The third-order valence-electron chi connectivity index (χ3n) is 3.60. The van der Waals surface area contributed by atoms with Crippen molar-refractivity contribution in [2.45, 2.75) is 71.5 Å². The molecule has 142 valence electrons. The fraction of sp³-hybridized carbons (Fsp3) is 0.632. The molecule has 0 N–H and O–H groups in total. The molecule has 0 saturated carbocycles. The first-order chi connectivity index (χ1) is 11.3. The molecule has 1 aromatic rings. The Morgan fingerprint density at radius 1 is 1.08 bits per heavy atom. The van der Waals surface area contributed by atoms with Crippen LogP contribution in [0.25, 0.3) is 0 Å². The Balaban J connectivity index is 3.02. The molecule has 0 bridgehead atoms. The van der Waals surface area contributed by atoms with Crippen LogP contribution in [0.2, 0.25) is 0 Å². The van der Waals surface area contributed by atoms with E-state index in [4.69, 9.17) is 8.92 Å². The number of carbonyl (C=O) groups is 1. The van der Waals surface area contributed by atoms with Crippen molar-refractivity contribution in [2.24, 2.45) is 11.8 Å². The summed E-state index contributed by atoms with van der Waals surface area (Å²) in [5.74, 6) is -0.984. The molecule has 0 radical (unpaired) electrons. The van der Waals surface area contributed by atoms with Gasteiger partial charge in [0.25, 0.3) is 10.1 Å². The Morgan fingerprint density at radius 3 is 2.04 bits per heavy atom. The largest absolute Gasteiger partial charge is 0.460 e. The van der Waals surface area contributed by atoms with E-state index in [-0.39, 0.29) is 10.8 Å². The van der Waals surface area contributed by atoms with E-state index in [2.05, 4.69) is 0 Å². The smallest absolute Gasteiger partial charge is 0.311 e. The van der Waals surface area contributed by atoms with Gasteiger partial charge in [0.05, 0.1) is 16.9 Å². The molecule has 0 amide bonds. The first-order valence-electron chi connectivity index (χ1n) is 8.54. The molecule has 0 aromatic heterocycles. The molecule has 1 rings (SSSR count). The van der Waals surface area contributed by atoms with E-state index >= 15 is 0 Å². The third-order valence-corrected chi connectivity index (χ3v) is 4.95. The monoisotopic (exact) mass is 370 g/mol. The number of rotatable bonds is 7. The summed E-state index contributed by atoms with van der Waals surface area (Å²) >= 11 is 0. The van der Waals surface area contributed by atoms with Crippen LogP contribution in [-0.4, -0.2) is 26.1 Å². The summed E-state index contributed by atoms with van der Waals surface area (Å²) in [4.78, 5) is 12.4. The van der Waals surface area contributed by atoms with Gasteiger partial charge in [-0.05, 0) is 59.1 Å². The lowest BCUT2D eigenvalue weighted by molar-refractivity contribution is -0.162. The van der Waals surface area contributed by atoms with E-state index in [0.717, 1.165) is 5.56 Å². The van der Waals surface area contributed by atoms with Gasteiger partial charge in [0, 0.05) is 0 Å². The topological polar surface area (TPSA) is 69.7 Å². The molecular weight excluding hydrogens is 340 g/mol. The fourth-order valence-electron chi connectivity index (χ4n) is 2.26. The van der Waals surface area contributed by atoms with Gasteiger partial charge in [0.15, 0.2) is 0 Å². The standard InChI is InChI=1S/C19H30O5S/c1-13(2)12-17(15(4)18(20)23-19(5,6)7)24-25(21,22)16-10-8-14(3)9-11-16/h8-11,13,15,17H,12H2,1-7H3. The summed E-state index contributed by atoms with van der Waals surface area (Å²) in [6.07, 6.45) is -0.341. The van der Waals surface area contributed by atoms with Crippen molar-refractivity contribution in [3.05, 3.63) is 29.8 Å². The Morgan fingerprint density at radius 2 is 1.60 bits per heavy atom. The SMILES string of the molecule is Cc1ccc(S(=O)(=O)OC(CC(C)C)C(C)C(=O)OC(C)(C)C)cc1. The number of aryl methyl sites for hydroxylation is 1. The zero-order valence-electron chi connectivity index (χ0n) is 16.2. The molecule has 1 aromatic carbocycles. The molecule has 2 atom stereocenters. The number of hydrogen-bond donors (Lipinski definition) is 0. The van der Waals surface area contributed by atoms with Gasteiger partial charge in [-0.1, -0.05) is 31.5 Å². The highest BCUT2D eigenvalue weighted by Crippen LogP contribution is 2.25. The van der Waals surface area contributed by atoms with Crippen LogP contribution in [0.5, 0.6) is 0 Å². The minimum Gasteiger partial charge on any atom is -0.460 e. The zero-order chi connectivity index (χ0) is 19.4. The lowest BCUT2D eigenvalue weighted by atomic mass is 9.96. The van der Waals surface area contributed by atoms with Crippen LogP contribution in [-0.2, 0) is 23.8 Å². The van der Waals surface area contributed by atoms with Crippen molar-refractivity contribution in [1.29, 1.82) is 0 Å². The lowest BCUT2D eigenvalue weighted by Gasteiger charge is -2.27. The molecule has 0 spiro atoms. The summed E-state index contributed by atoms with van der Waals surface area (Å²) in [5, 5.41) is 0. The summed E-state index contributed by atoms with van der Waals surface area (Å²) in [6.45, 7) is 12.8. The van der Waals surface area contributed by atoms with Crippen molar-refractivity contribution in [3.63, 3.8) is 0 Å². The summed E-state index contributed by atoms with van der Waals surface area (Å²) < 4.78 is 36.0. The van der Waals surface area contributed by atoms with Crippen LogP contribution in [0.4, 0.5) is 0 Å². The molecule has 0 saturated heterocycles. The average Bonchev–Trinajstić information content (AvgIpc) is 2.43. The average molecular weight is 371 g/mol. The quantitative estimate of drug-likeness (QED) is 0.534. The van der Waals surface area contributed by atoms with Crippen LogP contribution in [0, 0.1) is 18.8 Å². The molecular formula is C19H30O5S. The number of benzene rings is 1. The zero-order valence-corrected chi connectivity index (χ0v) is 17.0. The molecule has 25 heavy (non-hydrogen) atoms. The summed E-state index contributed by atoms with van der Waals surface area (Å²) in [6, 6.07) is 6.44. The Labute approximate surface area is 151 Å². The van der Waals surface area contributed by atoms with Crippen LogP contribution >= 0.6 is 0 Å². The molecule has 0 aliphatic heterocycles. The van der Waals surface area contributed by atoms with Gasteiger partial charge >= 0.3 is 5.97 Å². The van der Waals surface area contributed by atoms with Crippen molar-refractivity contribution >= 4 is 16.1 Å². The second-order valence-electron chi connectivity index (χ2n) is 7.85. The van der Waals surface area contributed by atoms with Crippen molar-refractivity contribution in [2.75, 3.05) is 0 Å². The lowest BCUT2D eigenvalue weighted by Crippen LogP contribution is -2.36. The number of hydrogen-bond acceptors (Lipinski definition) is 5. The highest BCUT2D eigenvalue weighted by Gasteiger charge is 2.33. The highest BCUT2D eigenvalue weighted by molar-refractivity contribution is 7.86. The second-order valence-corrected chi connectivity index (χ2v) is 9.43. The first-order valence-corrected chi connectivity index (χ1v) is 9.95. The predicted octanol–water partition coefficient (Wildman–Crippen LogP) is 4.09. The van der Waals surface area contributed by atoms with Gasteiger partial charge in [-0.25, -0.2) is 0 Å². The normalized spacial score (nSPS) is 15.0. The van der Waals surface area contributed by atoms with Crippen molar-refractivity contribution in [3.8, 4) is 0 Å². The Hall–Kier alpha value is -1.40. The predicted molar refractivity (Wildman–Crippen MR) is 97.7 cm³/mol. The van der Waals surface area contributed by atoms with Crippen LogP contribution in [0.1, 0.15) is 53.5 Å². The molecule has 5 nitrogen and oxygen atoms in total. The van der Waals surface area contributed by atoms with E-state index in [1.165, 1.54) is 12.1 Å². The third kappa shape index (κ3) is 7.16. The van der Waals surface area contributed by atoms with E-state index in [1.54, 1.807) is 39.8 Å². The molecule has 0 aliphatic carbocycles. The van der Waals surface area contributed by atoms with E-state index in [9.17, 15) is 13.2 Å². The minimum absolute atomic E-state index is 0.0863. The van der Waals surface area contributed by atoms with Gasteiger partial charge < -0.3 is 4.74 Å². The van der Waals surface area contributed by atoms with E-state index < -0.39 is 33.7 Å². The van der Waals surface area contributed by atoms with Crippen LogP contribution < -0.4 is 0 Å². The van der Waals surface area contributed by atoms with E-state index in [1.807, 2.05) is 20.8 Å². The van der Waals surface area contributed by atoms with Gasteiger partial charge in [-0.2, -0.15) is 8.42 Å². The van der Waals surface area contributed by atoms with Gasteiger partial charge in [-0.3, -0.25) is 8.98 Å². The number of esters is 1. The number of carbonyl (C=O) groups excluding carboxylic acids is 1. The maximum atomic E-state index is 12.6. The van der Waals surface area contributed by atoms with Crippen LogP contribution in [0.3, 0.4) is 0 Å². The maximum absolute atomic E-state index is 12.6. The maximum Gasteiger partial charge on any atom is 0.311 e. The molecule has 0 fully saturated rings.